The summed E-state index contributed by atoms with van der Waals surface area (Å²) in [4.78, 5) is 44.4. The van der Waals surface area contributed by atoms with Crippen LogP contribution < -0.4 is 34.9 Å². The molecule has 6 aromatic rings. The zero-order chi connectivity index (χ0) is 37.2. The number of hydrogen-bond donors (Lipinski definition) is 0. The molecule has 0 heterocycles. The van der Waals surface area contributed by atoms with Crippen LogP contribution in [0.15, 0.2) is 158 Å². The molecule has 0 saturated carbocycles. The highest BCUT2D eigenvalue weighted by Crippen LogP contribution is 2.48. The highest BCUT2D eigenvalue weighted by Gasteiger charge is 2.40. The minimum absolute atomic E-state index is 0.0347. The van der Waals surface area contributed by atoms with Crippen molar-refractivity contribution in [2.24, 2.45) is 0 Å². The van der Waals surface area contributed by atoms with E-state index in [-0.39, 0.29) is 40.3 Å². The zero-order valence-electron chi connectivity index (χ0n) is 29.4. The molecule has 9 heteroatoms. The van der Waals surface area contributed by atoms with Crippen LogP contribution in [0.4, 0.5) is 0 Å². The number of carbonyl (C=O) groups is 3. The van der Waals surface area contributed by atoms with Crippen molar-refractivity contribution >= 4 is 45.8 Å². The highest BCUT2D eigenvalue weighted by atomic mass is 31.2. The van der Waals surface area contributed by atoms with Gasteiger partial charge in [0.2, 0.25) is 5.78 Å². The van der Waals surface area contributed by atoms with Gasteiger partial charge in [0.1, 0.15) is 40.5 Å². The molecule has 0 aromatic heterocycles. The molecule has 53 heavy (non-hydrogen) atoms. The smallest absolute Gasteiger partial charge is 0.343 e. The summed E-state index contributed by atoms with van der Waals surface area (Å²) in [5.41, 5.74) is 0.804. The van der Waals surface area contributed by atoms with Gasteiger partial charge in [0, 0.05) is 12.1 Å². The van der Waals surface area contributed by atoms with Gasteiger partial charge >= 0.3 is 11.9 Å². The maximum Gasteiger partial charge on any atom is 0.343 e. The second kappa shape index (κ2) is 16.8. The van der Waals surface area contributed by atoms with Crippen molar-refractivity contribution in [2.75, 3.05) is 21.3 Å². The Morgan fingerprint density at radius 1 is 0.528 bits per heavy atom. The predicted molar refractivity (Wildman–Crippen MR) is 208 cm³/mol. The molecule has 0 N–H and O–H groups in total. The van der Waals surface area contributed by atoms with E-state index >= 15 is 4.79 Å². The summed E-state index contributed by atoms with van der Waals surface area (Å²) < 4.78 is 28.6. The molecule has 266 valence electrons. The predicted octanol–water partition coefficient (Wildman–Crippen LogP) is 7.02. The van der Waals surface area contributed by atoms with E-state index in [2.05, 4.69) is 0 Å². The number of benzene rings is 6. The number of methoxy groups -OCH3 is 3. The second-order valence-corrected chi connectivity index (χ2v) is 15.1. The molecule has 0 fully saturated rings. The van der Waals surface area contributed by atoms with E-state index < -0.39 is 24.6 Å². The SMILES string of the molecule is COc1ccc(C(=O)Oc2cc(OC)cc(OC)c2C(=O)C(C(=O)OCc2ccccc2)=P(c2ccccc2)(c2ccccc2)c2ccccc2)cc1. The minimum Gasteiger partial charge on any atom is -0.497 e. The monoisotopic (exact) mass is 724 g/mol. The first kappa shape index (κ1) is 36.4. The lowest BCUT2D eigenvalue weighted by Gasteiger charge is -2.32. The molecule has 0 aliphatic rings. The third kappa shape index (κ3) is 7.64. The third-order valence-electron chi connectivity index (χ3n) is 8.64. The molecule has 0 amide bonds. The quantitative estimate of drug-likeness (QED) is 0.0412. The van der Waals surface area contributed by atoms with Crippen LogP contribution in [0.1, 0.15) is 26.3 Å². The van der Waals surface area contributed by atoms with Crippen molar-refractivity contribution < 1.29 is 38.1 Å². The molecule has 0 aliphatic carbocycles. The fraction of sp³-hybridized carbons (Fsp3) is 0.0909. The van der Waals surface area contributed by atoms with Crippen LogP contribution in [-0.4, -0.2) is 44.3 Å². The summed E-state index contributed by atoms with van der Waals surface area (Å²) in [7, 11) is 4.36. The number of rotatable bonds is 13. The molecular weight excluding hydrogens is 687 g/mol. The maximum absolute atomic E-state index is 15.7. The Labute approximate surface area is 308 Å². The molecule has 0 bridgehead atoms. The molecule has 0 spiro atoms. The number of ketones is 1. The number of esters is 2. The lowest BCUT2D eigenvalue weighted by molar-refractivity contribution is -0.136. The van der Waals surface area contributed by atoms with E-state index in [4.69, 9.17) is 23.7 Å². The van der Waals surface area contributed by atoms with Crippen molar-refractivity contribution in [1.82, 2.24) is 0 Å². The molecule has 0 atom stereocenters. The molecule has 0 radical (unpaired) electrons. The highest BCUT2D eigenvalue weighted by molar-refractivity contribution is 7.97. The Morgan fingerprint density at radius 3 is 1.47 bits per heavy atom. The first-order chi connectivity index (χ1) is 25.9. The van der Waals surface area contributed by atoms with Crippen LogP contribution in [0.3, 0.4) is 0 Å². The Bertz CT molecular complexity index is 2150. The largest absolute Gasteiger partial charge is 0.497 e. The molecular formula is C44H37O8P. The van der Waals surface area contributed by atoms with E-state index in [9.17, 15) is 9.59 Å². The minimum atomic E-state index is -3.38. The van der Waals surface area contributed by atoms with Gasteiger partial charge in [-0.3, -0.25) is 4.79 Å². The fourth-order valence-corrected chi connectivity index (χ4v) is 10.4. The van der Waals surface area contributed by atoms with Crippen molar-refractivity contribution in [3.05, 3.63) is 174 Å². The van der Waals surface area contributed by atoms with Gasteiger partial charge in [-0.05, 0) is 52.6 Å². The molecule has 0 unspecified atom stereocenters. The fourth-order valence-electron chi connectivity index (χ4n) is 6.12. The van der Waals surface area contributed by atoms with E-state index in [1.54, 1.807) is 24.3 Å². The van der Waals surface area contributed by atoms with Crippen LogP contribution in [0.25, 0.3) is 0 Å². The lowest BCUT2D eigenvalue weighted by atomic mass is 10.0. The lowest BCUT2D eigenvalue weighted by Crippen LogP contribution is -2.38. The van der Waals surface area contributed by atoms with E-state index in [0.717, 1.165) is 21.5 Å². The van der Waals surface area contributed by atoms with Crippen molar-refractivity contribution in [3.8, 4) is 23.0 Å². The summed E-state index contributed by atoms with van der Waals surface area (Å²) >= 11 is 0. The van der Waals surface area contributed by atoms with Gasteiger partial charge in [-0.2, -0.15) is 0 Å². The van der Waals surface area contributed by atoms with Gasteiger partial charge in [-0.15, -0.1) is 0 Å². The zero-order valence-corrected chi connectivity index (χ0v) is 30.3. The average Bonchev–Trinajstić information content (AvgIpc) is 3.22. The maximum atomic E-state index is 15.7. The second-order valence-electron chi connectivity index (χ2n) is 11.7. The van der Waals surface area contributed by atoms with Gasteiger partial charge < -0.3 is 23.7 Å². The van der Waals surface area contributed by atoms with Crippen molar-refractivity contribution in [3.63, 3.8) is 0 Å². The summed E-state index contributed by atoms with van der Waals surface area (Å²) in [6, 6.07) is 47.0. The Hall–Kier alpha value is -6.37. The number of ether oxygens (including phenoxy) is 5. The van der Waals surface area contributed by atoms with Crippen LogP contribution in [0.5, 0.6) is 23.0 Å². The molecule has 6 aromatic carbocycles. The summed E-state index contributed by atoms with van der Waals surface area (Å²) in [5.74, 6) is -1.61. The van der Waals surface area contributed by atoms with Crippen LogP contribution >= 0.6 is 6.89 Å². The summed E-state index contributed by atoms with van der Waals surface area (Å²) in [6.07, 6.45) is 0. The average molecular weight is 725 g/mol. The van der Waals surface area contributed by atoms with Crippen molar-refractivity contribution in [1.29, 1.82) is 0 Å². The van der Waals surface area contributed by atoms with Gasteiger partial charge in [-0.1, -0.05) is 121 Å². The number of hydrogen-bond acceptors (Lipinski definition) is 8. The summed E-state index contributed by atoms with van der Waals surface area (Å²) in [5, 5.41) is 2.08. The molecule has 0 saturated heterocycles. The summed E-state index contributed by atoms with van der Waals surface area (Å²) in [6.45, 7) is -3.47. The van der Waals surface area contributed by atoms with Crippen LogP contribution in [-0.2, 0) is 16.1 Å². The van der Waals surface area contributed by atoms with E-state index in [0.29, 0.717) is 5.75 Å². The van der Waals surface area contributed by atoms with Gasteiger partial charge in [0.25, 0.3) is 0 Å². The van der Waals surface area contributed by atoms with E-state index in [1.165, 1.54) is 33.5 Å². The van der Waals surface area contributed by atoms with Crippen LogP contribution in [0, 0.1) is 0 Å². The van der Waals surface area contributed by atoms with E-state index in [1.807, 2.05) is 121 Å². The molecule has 6 rings (SSSR count). The standard InChI is InChI=1S/C44H37O8P/c1-48-33-26-24-32(25-27-33)43(46)52-39-29-34(49-2)28-38(50-3)40(39)41(45)42(44(47)51-30-31-16-8-4-9-17-31)53(35-18-10-5-11-19-35,36-20-12-6-13-21-36)37-22-14-7-15-23-37/h4-29H,30H2,1-3H3. The Morgan fingerprint density at radius 2 is 1.00 bits per heavy atom. The van der Waals surface area contributed by atoms with Gasteiger partial charge in [-0.25, -0.2) is 9.59 Å². The molecule has 0 aliphatic heterocycles. The van der Waals surface area contributed by atoms with Crippen molar-refractivity contribution in [2.45, 2.75) is 6.61 Å². The normalized spacial score (nSPS) is 10.8. The van der Waals surface area contributed by atoms with Gasteiger partial charge in [0.05, 0.1) is 26.9 Å². The topological polar surface area (TPSA) is 97.4 Å². The Kier molecular flexibility index (Phi) is 11.5. The van der Waals surface area contributed by atoms with Gasteiger partial charge in [0.15, 0.2) is 0 Å². The first-order valence-corrected chi connectivity index (χ1v) is 18.5. The number of carbonyl (C=O) groups excluding carboxylic acids is 3. The first-order valence-electron chi connectivity index (χ1n) is 16.7. The Balaban J connectivity index is 1.68. The van der Waals surface area contributed by atoms with Crippen LogP contribution in [0.2, 0.25) is 0 Å². The molecule has 8 nitrogen and oxygen atoms in total. The number of Topliss-reactive ketones (excluding diaryl/α,β-unsaturated/α-hetero) is 1. The third-order valence-corrected chi connectivity index (χ3v) is 12.9.